The van der Waals surface area contributed by atoms with E-state index in [-0.39, 0.29) is 0 Å². The van der Waals surface area contributed by atoms with Crippen LogP contribution in [0.5, 0.6) is 0 Å². The largest absolute Gasteiger partial charge is 0.378 e. The van der Waals surface area contributed by atoms with Crippen molar-refractivity contribution in [2.24, 2.45) is 7.05 Å². The van der Waals surface area contributed by atoms with Crippen LogP contribution in [0.3, 0.4) is 0 Å². The first-order valence-electron chi connectivity index (χ1n) is 7.39. The van der Waals surface area contributed by atoms with Gasteiger partial charge in [0.2, 0.25) is 5.69 Å². The average molecular weight is 281 g/mol. The highest BCUT2D eigenvalue weighted by Gasteiger charge is 2.16. The first-order valence-corrected chi connectivity index (χ1v) is 7.39. The van der Waals surface area contributed by atoms with E-state index in [1.807, 2.05) is 6.07 Å². The van der Waals surface area contributed by atoms with Crippen LogP contribution in [0.4, 0.5) is 0 Å². The number of nitrogens with zero attached hydrogens (tertiary/aromatic N) is 2. The molecule has 108 valence electrons. The van der Waals surface area contributed by atoms with Crippen molar-refractivity contribution in [1.29, 1.82) is 0 Å². The number of benzene rings is 1. The lowest BCUT2D eigenvalue weighted by molar-refractivity contribution is -0.673. The Morgan fingerprint density at radius 1 is 1.05 bits per heavy atom. The third kappa shape index (κ3) is 3.31. The molecule has 2 aromatic rings. The number of hydrogen-bond donors (Lipinski definition) is 0. The van der Waals surface area contributed by atoms with Crippen molar-refractivity contribution in [2.75, 3.05) is 26.3 Å². The summed E-state index contributed by atoms with van der Waals surface area (Å²) >= 11 is 0. The Morgan fingerprint density at radius 2 is 1.76 bits per heavy atom. The molecule has 3 nitrogen and oxygen atoms in total. The summed E-state index contributed by atoms with van der Waals surface area (Å²) in [5.41, 5.74) is 3.71. The molecule has 0 saturated carbocycles. The van der Waals surface area contributed by atoms with E-state index in [2.05, 4.69) is 71.3 Å². The zero-order chi connectivity index (χ0) is 14.5. The van der Waals surface area contributed by atoms with Crippen LogP contribution in [0.2, 0.25) is 0 Å². The summed E-state index contributed by atoms with van der Waals surface area (Å²) in [6.07, 6.45) is 4.34. The number of aryl methyl sites for hydroxylation is 1. The fraction of sp³-hybridized carbons (Fsp3) is 0.278. The van der Waals surface area contributed by atoms with Gasteiger partial charge < -0.3 is 9.64 Å². The van der Waals surface area contributed by atoms with Gasteiger partial charge in [-0.25, -0.2) is 4.57 Å². The predicted octanol–water partition coefficient (Wildman–Crippen LogP) is 2.34. The van der Waals surface area contributed by atoms with Crippen molar-refractivity contribution < 1.29 is 9.30 Å². The smallest absolute Gasteiger partial charge is 0.207 e. The van der Waals surface area contributed by atoms with E-state index in [0.29, 0.717) is 0 Å². The number of morpholine rings is 1. The Hall–Kier alpha value is -2.13. The van der Waals surface area contributed by atoms with Crippen molar-refractivity contribution in [3.63, 3.8) is 0 Å². The number of rotatable bonds is 3. The van der Waals surface area contributed by atoms with Crippen molar-refractivity contribution in [1.82, 2.24) is 4.90 Å². The first kappa shape index (κ1) is 13.8. The SMILES string of the molecule is C[n+]1ccccc1C=C(c1ccccc1)N1CCOCC1. The second-order valence-corrected chi connectivity index (χ2v) is 5.23. The fourth-order valence-corrected chi connectivity index (χ4v) is 2.60. The van der Waals surface area contributed by atoms with E-state index in [0.717, 1.165) is 26.3 Å². The monoisotopic (exact) mass is 281 g/mol. The van der Waals surface area contributed by atoms with Gasteiger partial charge in [0.1, 0.15) is 7.05 Å². The molecule has 0 N–H and O–H groups in total. The number of aromatic nitrogens is 1. The number of pyridine rings is 1. The molecule has 0 aliphatic carbocycles. The lowest BCUT2D eigenvalue weighted by atomic mass is 10.1. The highest BCUT2D eigenvalue weighted by Crippen LogP contribution is 2.22. The van der Waals surface area contributed by atoms with Crippen molar-refractivity contribution in [3.05, 3.63) is 66.0 Å². The van der Waals surface area contributed by atoms with E-state index >= 15 is 0 Å². The quantitative estimate of drug-likeness (QED) is 0.803. The summed E-state index contributed by atoms with van der Waals surface area (Å²) in [4.78, 5) is 2.41. The van der Waals surface area contributed by atoms with Gasteiger partial charge in [-0.2, -0.15) is 0 Å². The lowest BCUT2D eigenvalue weighted by Crippen LogP contribution is -2.36. The van der Waals surface area contributed by atoms with Gasteiger partial charge in [0.15, 0.2) is 6.20 Å². The van der Waals surface area contributed by atoms with Crippen LogP contribution >= 0.6 is 0 Å². The lowest BCUT2D eigenvalue weighted by Gasteiger charge is -2.31. The van der Waals surface area contributed by atoms with E-state index < -0.39 is 0 Å². The molecule has 1 saturated heterocycles. The van der Waals surface area contributed by atoms with Crippen molar-refractivity contribution in [2.45, 2.75) is 0 Å². The zero-order valence-corrected chi connectivity index (χ0v) is 12.4. The molecule has 1 aliphatic rings. The van der Waals surface area contributed by atoms with Crippen LogP contribution in [-0.2, 0) is 11.8 Å². The molecule has 1 aromatic heterocycles. The Bertz CT molecular complexity index is 616. The highest BCUT2D eigenvalue weighted by molar-refractivity contribution is 5.78. The van der Waals surface area contributed by atoms with Gasteiger partial charge in [-0.05, 0) is 11.6 Å². The molecule has 0 spiro atoms. The maximum atomic E-state index is 5.49. The summed E-state index contributed by atoms with van der Waals surface area (Å²) in [6.45, 7) is 3.48. The van der Waals surface area contributed by atoms with Crippen molar-refractivity contribution in [3.8, 4) is 0 Å². The zero-order valence-electron chi connectivity index (χ0n) is 12.4. The van der Waals surface area contributed by atoms with Gasteiger partial charge in [-0.3, -0.25) is 0 Å². The Kier molecular flexibility index (Phi) is 4.31. The summed E-state index contributed by atoms with van der Waals surface area (Å²) in [6, 6.07) is 16.9. The van der Waals surface area contributed by atoms with Crippen LogP contribution in [0.1, 0.15) is 11.3 Å². The normalized spacial score (nSPS) is 16.0. The van der Waals surface area contributed by atoms with Gasteiger partial charge in [-0.1, -0.05) is 30.3 Å². The predicted molar refractivity (Wildman–Crippen MR) is 84.3 cm³/mol. The van der Waals surface area contributed by atoms with Gasteiger partial charge in [-0.15, -0.1) is 0 Å². The van der Waals surface area contributed by atoms with E-state index in [4.69, 9.17) is 4.74 Å². The van der Waals surface area contributed by atoms with Gasteiger partial charge in [0.05, 0.1) is 18.9 Å². The van der Waals surface area contributed by atoms with Crippen LogP contribution < -0.4 is 4.57 Å². The molecule has 3 heteroatoms. The molecule has 0 bridgehead atoms. The standard InChI is InChI=1S/C18H21N2O/c1-19-10-6-5-9-17(19)15-18(16-7-3-2-4-8-16)20-11-13-21-14-12-20/h2-10,15H,11-14H2,1H3/q+1. The van der Waals surface area contributed by atoms with E-state index in [1.54, 1.807) is 0 Å². The molecule has 0 atom stereocenters. The van der Waals surface area contributed by atoms with Crippen LogP contribution in [0, 0.1) is 0 Å². The molecule has 3 rings (SSSR count). The fourth-order valence-electron chi connectivity index (χ4n) is 2.60. The third-order valence-electron chi connectivity index (χ3n) is 3.80. The average Bonchev–Trinajstić information content (AvgIpc) is 2.56. The molecule has 1 fully saturated rings. The third-order valence-corrected chi connectivity index (χ3v) is 3.80. The molecular weight excluding hydrogens is 260 g/mol. The first-order chi connectivity index (χ1) is 10.3. The second-order valence-electron chi connectivity index (χ2n) is 5.23. The van der Waals surface area contributed by atoms with Crippen LogP contribution in [0.25, 0.3) is 11.8 Å². The summed E-state index contributed by atoms with van der Waals surface area (Å²) in [5.74, 6) is 0. The molecule has 2 heterocycles. The summed E-state index contributed by atoms with van der Waals surface area (Å²) < 4.78 is 7.63. The molecule has 0 amide bonds. The number of ether oxygens (including phenoxy) is 1. The van der Waals surface area contributed by atoms with Gasteiger partial charge in [0, 0.05) is 31.3 Å². The number of hydrogen-bond acceptors (Lipinski definition) is 2. The molecule has 0 unspecified atom stereocenters. The maximum absolute atomic E-state index is 5.49. The topological polar surface area (TPSA) is 16.4 Å². The maximum Gasteiger partial charge on any atom is 0.207 e. The Balaban J connectivity index is 2.01. The molecule has 1 aromatic carbocycles. The minimum atomic E-state index is 0.797. The molecule has 21 heavy (non-hydrogen) atoms. The highest BCUT2D eigenvalue weighted by atomic mass is 16.5. The van der Waals surface area contributed by atoms with Gasteiger partial charge in [0.25, 0.3) is 0 Å². The molecule has 1 aliphatic heterocycles. The Morgan fingerprint density at radius 3 is 2.48 bits per heavy atom. The van der Waals surface area contributed by atoms with Crippen molar-refractivity contribution >= 4 is 11.8 Å². The summed E-state index contributed by atoms with van der Waals surface area (Å²) in [7, 11) is 2.08. The van der Waals surface area contributed by atoms with E-state index in [1.165, 1.54) is 17.0 Å². The minimum absolute atomic E-state index is 0.797. The minimum Gasteiger partial charge on any atom is -0.378 e. The summed E-state index contributed by atoms with van der Waals surface area (Å²) in [5, 5.41) is 0. The Labute approximate surface area is 126 Å². The molecular formula is C18H21N2O+. The van der Waals surface area contributed by atoms with Crippen LogP contribution in [-0.4, -0.2) is 31.2 Å². The van der Waals surface area contributed by atoms with Crippen LogP contribution in [0.15, 0.2) is 54.7 Å². The second kappa shape index (κ2) is 6.55. The van der Waals surface area contributed by atoms with E-state index in [9.17, 15) is 0 Å². The molecule has 0 radical (unpaired) electrons. The van der Waals surface area contributed by atoms with Gasteiger partial charge >= 0.3 is 0 Å².